The lowest BCUT2D eigenvalue weighted by atomic mass is 9.90. The van der Waals surface area contributed by atoms with Crippen LogP contribution in [0.5, 0.6) is 0 Å². The molecule has 100 valence electrons. The average molecular weight is 240 g/mol. The van der Waals surface area contributed by atoms with Gasteiger partial charge in [-0.2, -0.15) is 0 Å². The van der Waals surface area contributed by atoms with Crippen LogP contribution in [0, 0.1) is 5.92 Å². The molecule has 1 rings (SSSR count). The van der Waals surface area contributed by atoms with Crippen LogP contribution in [0.1, 0.15) is 65.7 Å². The molecule has 3 nitrogen and oxygen atoms in total. The van der Waals surface area contributed by atoms with Gasteiger partial charge < -0.3 is 11.1 Å². The van der Waals surface area contributed by atoms with E-state index in [4.69, 9.17) is 5.73 Å². The van der Waals surface area contributed by atoms with E-state index >= 15 is 0 Å². The van der Waals surface area contributed by atoms with Gasteiger partial charge in [-0.3, -0.25) is 4.79 Å². The number of rotatable bonds is 4. The molecule has 2 atom stereocenters. The summed E-state index contributed by atoms with van der Waals surface area (Å²) < 4.78 is 0. The minimum absolute atomic E-state index is 0.0231. The monoisotopic (exact) mass is 240 g/mol. The molecule has 0 aromatic heterocycles. The van der Waals surface area contributed by atoms with Gasteiger partial charge in [0.05, 0.1) is 5.92 Å². The van der Waals surface area contributed by atoms with Crippen LogP contribution >= 0.6 is 0 Å². The number of carbonyl (C=O) groups excluding carboxylic acids is 1. The van der Waals surface area contributed by atoms with Gasteiger partial charge in [0, 0.05) is 11.6 Å². The predicted molar refractivity (Wildman–Crippen MR) is 71.7 cm³/mol. The molecular formula is C14H28N2O. The van der Waals surface area contributed by atoms with Crippen molar-refractivity contribution in [3.05, 3.63) is 0 Å². The van der Waals surface area contributed by atoms with E-state index in [-0.39, 0.29) is 23.4 Å². The van der Waals surface area contributed by atoms with E-state index in [0.717, 1.165) is 32.1 Å². The molecule has 1 aliphatic rings. The van der Waals surface area contributed by atoms with E-state index in [9.17, 15) is 4.79 Å². The maximum atomic E-state index is 12.3. The highest BCUT2D eigenvalue weighted by Gasteiger charge is 2.31. The summed E-state index contributed by atoms with van der Waals surface area (Å²) in [6.07, 6.45) is 7.42. The van der Waals surface area contributed by atoms with Crippen LogP contribution in [0.15, 0.2) is 0 Å². The lowest BCUT2D eigenvalue weighted by molar-refractivity contribution is -0.127. The van der Waals surface area contributed by atoms with Crippen LogP contribution in [0.25, 0.3) is 0 Å². The molecule has 3 heteroatoms. The van der Waals surface area contributed by atoms with Crippen molar-refractivity contribution in [3.63, 3.8) is 0 Å². The van der Waals surface area contributed by atoms with E-state index in [2.05, 4.69) is 26.1 Å². The number of hydrogen-bond donors (Lipinski definition) is 2. The zero-order chi connectivity index (χ0) is 12.9. The van der Waals surface area contributed by atoms with E-state index in [0.29, 0.717) is 0 Å². The Morgan fingerprint density at radius 1 is 1.24 bits per heavy atom. The van der Waals surface area contributed by atoms with Gasteiger partial charge in [0.2, 0.25) is 5.91 Å². The summed E-state index contributed by atoms with van der Waals surface area (Å²) in [4.78, 5) is 12.3. The van der Waals surface area contributed by atoms with E-state index in [1.807, 2.05) is 0 Å². The first-order chi connectivity index (χ1) is 8.02. The minimum atomic E-state index is -0.0664. The van der Waals surface area contributed by atoms with Gasteiger partial charge in [-0.05, 0) is 32.6 Å². The first kappa shape index (κ1) is 14.5. The third-order valence-electron chi connectivity index (χ3n) is 4.39. The number of hydrogen-bond acceptors (Lipinski definition) is 2. The normalized spacial score (nSPS) is 26.4. The van der Waals surface area contributed by atoms with Crippen molar-refractivity contribution in [2.24, 2.45) is 11.7 Å². The topological polar surface area (TPSA) is 55.1 Å². The van der Waals surface area contributed by atoms with Crippen LogP contribution in [0.3, 0.4) is 0 Å². The minimum Gasteiger partial charge on any atom is -0.351 e. The highest BCUT2D eigenvalue weighted by atomic mass is 16.2. The van der Waals surface area contributed by atoms with Gasteiger partial charge in [-0.1, -0.05) is 33.1 Å². The van der Waals surface area contributed by atoms with Gasteiger partial charge in [0.1, 0.15) is 0 Å². The maximum absolute atomic E-state index is 12.3. The highest BCUT2D eigenvalue weighted by molar-refractivity contribution is 5.80. The standard InChI is InChI=1S/C14H28N2O/c1-4-14(3,5-2)16-13(17)11-9-7-6-8-10-12(11)15/h11-12H,4-10,15H2,1-3H3,(H,16,17). The summed E-state index contributed by atoms with van der Waals surface area (Å²) in [7, 11) is 0. The largest absolute Gasteiger partial charge is 0.351 e. The number of carbonyl (C=O) groups is 1. The van der Waals surface area contributed by atoms with E-state index in [1.54, 1.807) is 0 Å². The Morgan fingerprint density at radius 3 is 2.41 bits per heavy atom. The third-order valence-corrected chi connectivity index (χ3v) is 4.39. The summed E-state index contributed by atoms with van der Waals surface area (Å²) in [5.74, 6) is 0.195. The van der Waals surface area contributed by atoms with Gasteiger partial charge in [-0.15, -0.1) is 0 Å². The second-order valence-corrected chi connectivity index (χ2v) is 5.67. The second kappa shape index (κ2) is 6.39. The lowest BCUT2D eigenvalue weighted by Crippen LogP contribution is -2.50. The molecule has 0 radical (unpaired) electrons. The predicted octanol–water partition coefficient (Wildman–Crippen LogP) is 2.59. The summed E-state index contributed by atoms with van der Waals surface area (Å²) in [5, 5.41) is 3.20. The summed E-state index contributed by atoms with van der Waals surface area (Å²) in [6.45, 7) is 6.36. The van der Waals surface area contributed by atoms with E-state index < -0.39 is 0 Å². The lowest BCUT2D eigenvalue weighted by Gasteiger charge is -2.31. The molecule has 0 aliphatic heterocycles. The van der Waals surface area contributed by atoms with Gasteiger partial charge in [0.15, 0.2) is 0 Å². The van der Waals surface area contributed by atoms with Crippen LogP contribution in [-0.4, -0.2) is 17.5 Å². The second-order valence-electron chi connectivity index (χ2n) is 5.67. The average Bonchev–Trinajstić information content (AvgIpc) is 2.53. The number of nitrogens with one attached hydrogen (secondary N) is 1. The summed E-state index contributed by atoms with van der Waals surface area (Å²) in [5.41, 5.74) is 6.05. The van der Waals surface area contributed by atoms with Crippen LogP contribution in [0.2, 0.25) is 0 Å². The van der Waals surface area contributed by atoms with E-state index in [1.165, 1.54) is 12.8 Å². The van der Waals surface area contributed by atoms with Crippen molar-refractivity contribution in [3.8, 4) is 0 Å². The fourth-order valence-electron chi connectivity index (χ4n) is 2.48. The zero-order valence-electron chi connectivity index (χ0n) is 11.6. The van der Waals surface area contributed by atoms with Gasteiger partial charge in [-0.25, -0.2) is 0 Å². The van der Waals surface area contributed by atoms with Crippen molar-refractivity contribution in [2.45, 2.75) is 77.3 Å². The quantitative estimate of drug-likeness (QED) is 0.742. The smallest absolute Gasteiger partial charge is 0.225 e. The molecule has 1 aliphatic carbocycles. The molecule has 0 bridgehead atoms. The maximum Gasteiger partial charge on any atom is 0.225 e. The number of amides is 1. The van der Waals surface area contributed by atoms with Gasteiger partial charge >= 0.3 is 0 Å². The fraction of sp³-hybridized carbons (Fsp3) is 0.929. The third kappa shape index (κ3) is 3.98. The van der Waals surface area contributed by atoms with Crippen LogP contribution < -0.4 is 11.1 Å². The van der Waals surface area contributed by atoms with Crippen molar-refractivity contribution < 1.29 is 4.79 Å². The first-order valence-corrected chi connectivity index (χ1v) is 7.10. The van der Waals surface area contributed by atoms with Crippen molar-refractivity contribution in [1.82, 2.24) is 5.32 Å². The molecule has 1 saturated carbocycles. The van der Waals surface area contributed by atoms with Crippen LogP contribution in [-0.2, 0) is 4.79 Å². The Kier molecular flexibility index (Phi) is 5.44. The zero-order valence-corrected chi connectivity index (χ0v) is 11.6. The Balaban J connectivity index is 2.61. The molecule has 1 fully saturated rings. The van der Waals surface area contributed by atoms with Gasteiger partial charge in [0.25, 0.3) is 0 Å². The highest BCUT2D eigenvalue weighted by Crippen LogP contribution is 2.24. The van der Waals surface area contributed by atoms with Crippen molar-refractivity contribution in [1.29, 1.82) is 0 Å². The van der Waals surface area contributed by atoms with Crippen molar-refractivity contribution in [2.75, 3.05) is 0 Å². The molecule has 1 amide bonds. The molecular weight excluding hydrogens is 212 g/mol. The molecule has 2 unspecified atom stereocenters. The SMILES string of the molecule is CCC(C)(CC)NC(=O)C1CCCCCC1N. The molecule has 0 saturated heterocycles. The Labute approximate surface area is 106 Å². The fourth-order valence-corrected chi connectivity index (χ4v) is 2.48. The molecule has 17 heavy (non-hydrogen) atoms. The summed E-state index contributed by atoms with van der Waals surface area (Å²) in [6, 6.07) is 0.0514. The first-order valence-electron chi connectivity index (χ1n) is 7.10. The Bertz CT molecular complexity index is 249. The molecule has 0 aromatic carbocycles. The Hall–Kier alpha value is -0.570. The molecule has 0 aromatic rings. The molecule has 0 heterocycles. The molecule has 3 N–H and O–H groups in total. The summed E-state index contributed by atoms with van der Waals surface area (Å²) >= 11 is 0. The van der Waals surface area contributed by atoms with Crippen molar-refractivity contribution >= 4 is 5.91 Å². The Morgan fingerprint density at radius 2 is 1.82 bits per heavy atom. The van der Waals surface area contributed by atoms with Crippen LogP contribution in [0.4, 0.5) is 0 Å². The molecule has 0 spiro atoms. The number of nitrogens with two attached hydrogens (primary N) is 1.